The van der Waals surface area contributed by atoms with Crippen LogP contribution in [0.4, 0.5) is 13.2 Å². The lowest BCUT2D eigenvalue weighted by Crippen LogP contribution is -2.63. The molecule has 4 aliphatic heterocycles. The van der Waals surface area contributed by atoms with E-state index >= 15 is 0 Å². The SMILES string of the molecule is CC(=O)OC[C@H]1O[C@H](OC[C@H]2O[C@@H]3OC(C)(C)O[C@@H]3[C@H]3OC(C)(C)O[C@H]32)[C@H](OS(=O)(=O)OCC(F)(F)F)[C@@H](OCc2ccccc2)[C@@H]1OCc1ccccc1. The summed E-state index contributed by atoms with van der Waals surface area (Å²) in [5.41, 5.74) is 1.36. The van der Waals surface area contributed by atoms with E-state index in [0.29, 0.717) is 11.1 Å². The van der Waals surface area contributed by atoms with Crippen LogP contribution in [0.1, 0.15) is 45.7 Å². The highest BCUT2D eigenvalue weighted by Gasteiger charge is 2.61. The van der Waals surface area contributed by atoms with E-state index in [1.807, 2.05) is 0 Å². The maximum Gasteiger partial charge on any atom is 0.413 e. The highest BCUT2D eigenvalue weighted by molar-refractivity contribution is 7.81. The monoisotopic (exact) mass is 806 g/mol. The summed E-state index contributed by atoms with van der Waals surface area (Å²) in [6.07, 6.45) is -16.4. The molecule has 4 heterocycles. The van der Waals surface area contributed by atoms with Crippen LogP contribution in [0.3, 0.4) is 0 Å². The molecule has 10 atom stereocenters. The lowest BCUT2D eigenvalue weighted by molar-refractivity contribution is -0.323. The van der Waals surface area contributed by atoms with E-state index in [-0.39, 0.29) is 19.8 Å². The predicted molar refractivity (Wildman–Crippen MR) is 180 cm³/mol. The zero-order chi connectivity index (χ0) is 39.6. The average molecular weight is 807 g/mol. The number of benzene rings is 2. The number of halogens is 3. The van der Waals surface area contributed by atoms with Crippen molar-refractivity contribution in [2.75, 3.05) is 19.8 Å². The summed E-state index contributed by atoms with van der Waals surface area (Å²) in [6.45, 7) is 4.88. The molecular weight excluding hydrogens is 761 g/mol. The van der Waals surface area contributed by atoms with Crippen molar-refractivity contribution in [1.82, 2.24) is 0 Å². The van der Waals surface area contributed by atoms with Crippen LogP contribution >= 0.6 is 0 Å². The van der Waals surface area contributed by atoms with Gasteiger partial charge in [0.05, 0.1) is 19.8 Å². The number of ether oxygens (including phenoxy) is 10. The first kappa shape index (κ1) is 41.8. The Morgan fingerprint density at radius 1 is 0.709 bits per heavy atom. The van der Waals surface area contributed by atoms with Crippen molar-refractivity contribution >= 4 is 16.4 Å². The van der Waals surface area contributed by atoms with Crippen LogP contribution in [0, 0.1) is 0 Å². The molecule has 55 heavy (non-hydrogen) atoms. The standard InChI is InChI=1S/C36H45F3O15S/c1-21(40)43-18-24-26(44-16-22-12-8-6-9-13-22)28(45-17-23-14-10-7-11-15-23)31(54-55(41,42)47-20-36(37,38)39)32(48-24)46-19-25-27-29(51-34(2,3)50-27)30-33(49-25)53-35(4,5)52-30/h6-15,24-33H,16-20H2,1-5H3/t24-,25-,26-,27+,28+,29+,30-,31-,32+,33-/m1/s1. The van der Waals surface area contributed by atoms with Gasteiger partial charge in [-0.15, -0.1) is 0 Å². The third-order valence-corrected chi connectivity index (χ3v) is 9.75. The van der Waals surface area contributed by atoms with Crippen molar-refractivity contribution in [2.24, 2.45) is 0 Å². The molecule has 306 valence electrons. The van der Waals surface area contributed by atoms with E-state index in [9.17, 15) is 26.4 Å². The largest absolute Gasteiger partial charge is 0.463 e. The van der Waals surface area contributed by atoms with Gasteiger partial charge < -0.3 is 47.4 Å². The van der Waals surface area contributed by atoms with Gasteiger partial charge in [0.25, 0.3) is 0 Å². The van der Waals surface area contributed by atoms with Gasteiger partial charge in [0.2, 0.25) is 0 Å². The van der Waals surface area contributed by atoms with Crippen LogP contribution < -0.4 is 0 Å². The van der Waals surface area contributed by atoms with Crippen molar-refractivity contribution in [3.63, 3.8) is 0 Å². The molecule has 0 aromatic heterocycles. The second kappa shape index (κ2) is 17.0. The summed E-state index contributed by atoms with van der Waals surface area (Å²) in [7, 11) is -5.41. The number of carbonyl (C=O) groups excluding carboxylic acids is 1. The molecule has 0 aliphatic carbocycles. The van der Waals surface area contributed by atoms with Gasteiger partial charge in [0, 0.05) is 6.92 Å². The fourth-order valence-electron chi connectivity index (χ4n) is 6.69. The third kappa shape index (κ3) is 11.2. The first-order valence-electron chi connectivity index (χ1n) is 17.6. The molecule has 0 N–H and O–H groups in total. The Morgan fingerprint density at radius 3 is 1.87 bits per heavy atom. The molecule has 2 aromatic rings. The fraction of sp³-hybridized carbons (Fsp3) is 0.639. The molecule has 4 fully saturated rings. The number of hydrogen-bond acceptors (Lipinski definition) is 15. The minimum atomic E-state index is -5.41. The van der Waals surface area contributed by atoms with Gasteiger partial charge in [-0.25, -0.2) is 8.37 Å². The molecule has 0 saturated carbocycles. The van der Waals surface area contributed by atoms with E-state index in [2.05, 4.69) is 4.18 Å². The summed E-state index contributed by atoms with van der Waals surface area (Å²) >= 11 is 0. The van der Waals surface area contributed by atoms with Crippen LogP contribution in [-0.4, -0.2) is 113 Å². The van der Waals surface area contributed by atoms with Gasteiger partial charge in [-0.3, -0.25) is 4.79 Å². The maximum absolute atomic E-state index is 13.1. The molecule has 19 heteroatoms. The van der Waals surface area contributed by atoms with Gasteiger partial charge in [0.15, 0.2) is 36.9 Å². The number of esters is 1. The van der Waals surface area contributed by atoms with Crippen molar-refractivity contribution in [3.8, 4) is 0 Å². The summed E-state index contributed by atoms with van der Waals surface area (Å²) < 4.78 is 136. The normalized spacial score (nSPS) is 32.8. The minimum Gasteiger partial charge on any atom is -0.463 e. The summed E-state index contributed by atoms with van der Waals surface area (Å²) in [5, 5.41) is 0. The van der Waals surface area contributed by atoms with E-state index in [0.717, 1.165) is 0 Å². The Kier molecular flexibility index (Phi) is 12.9. The molecule has 0 spiro atoms. The molecule has 4 saturated heterocycles. The third-order valence-electron chi connectivity index (χ3n) is 8.88. The number of rotatable bonds is 15. The Labute approximate surface area is 316 Å². The van der Waals surface area contributed by atoms with Crippen LogP contribution in [-0.2, 0) is 84.1 Å². The fourth-order valence-corrected chi connectivity index (χ4v) is 7.50. The van der Waals surface area contributed by atoms with Crippen molar-refractivity contribution in [2.45, 2.75) is 127 Å². The summed E-state index contributed by atoms with van der Waals surface area (Å²) in [6, 6.07) is 17.7. The first-order chi connectivity index (χ1) is 25.9. The topological polar surface area (TPSA) is 162 Å². The molecule has 2 aromatic carbocycles. The minimum absolute atomic E-state index is 0.0563. The molecule has 4 aliphatic rings. The zero-order valence-electron chi connectivity index (χ0n) is 30.7. The van der Waals surface area contributed by atoms with Crippen molar-refractivity contribution < 1.29 is 82.1 Å². The smallest absolute Gasteiger partial charge is 0.413 e. The van der Waals surface area contributed by atoms with Gasteiger partial charge in [-0.1, -0.05) is 60.7 Å². The second-order valence-corrected chi connectivity index (χ2v) is 15.5. The predicted octanol–water partition coefficient (Wildman–Crippen LogP) is 4.07. The molecular formula is C36H45F3O15S. The van der Waals surface area contributed by atoms with Crippen LogP contribution in [0.2, 0.25) is 0 Å². The lowest BCUT2D eigenvalue weighted by Gasteiger charge is -2.45. The van der Waals surface area contributed by atoms with Crippen molar-refractivity contribution in [3.05, 3.63) is 71.8 Å². The van der Waals surface area contributed by atoms with Gasteiger partial charge >= 0.3 is 22.5 Å². The van der Waals surface area contributed by atoms with Crippen molar-refractivity contribution in [1.29, 1.82) is 0 Å². The molecule has 0 amide bonds. The van der Waals surface area contributed by atoms with E-state index < -0.39 is 109 Å². The Hall–Kier alpha value is -2.79. The highest BCUT2D eigenvalue weighted by atomic mass is 32.3. The second-order valence-electron chi connectivity index (χ2n) is 14.3. The van der Waals surface area contributed by atoms with Crippen LogP contribution in [0.25, 0.3) is 0 Å². The molecule has 0 radical (unpaired) electrons. The van der Waals surface area contributed by atoms with Gasteiger partial charge in [-0.05, 0) is 38.8 Å². The Bertz CT molecular complexity index is 1680. The zero-order valence-corrected chi connectivity index (χ0v) is 31.6. The molecule has 0 bridgehead atoms. The molecule has 15 nitrogen and oxygen atoms in total. The number of hydrogen-bond donors (Lipinski definition) is 0. The van der Waals surface area contributed by atoms with Gasteiger partial charge in [-0.2, -0.15) is 21.6 Å². The Morgan fingerprint density at radius 2 is 1.27 bits per heavy atom. The van der Waals surface area contributed by atoms with E-state index in [1.54, 1.807) is 88.4 Å². The Balaban J connectivity index is 1.33. The lowest BCUT2D eigenvalue weighted by atomic mass is 9.97. The molecule has 6 rings (SSSR count). The number of alkyl halides is 3. The summed E-state index contributed by atoms with van der Waals surface area (Å²) in [5.74, 6) is -2.75. The quantitative estimate of drug-likeness (QED) is 0.237. The van der Waals surface area contributed by atoms with Crippen LogP contribution in [0.5, 0.6) is 0 Å². The number of carbonyl (C=O) groups is 1. The van der Waals surface area contributed by atoms with E-state index in [4.69, 9.17) is 51.6 Å². The summed E-state index contributed by atoms with van der Waals surface area (Å²) in [4.78, 5) is 12.0. The average Bonchev–Trinajstić information content (AvgIpc) is 3.62. The van der Waals surface area contributed by atoms with Crippen LogP contribution in [0.15, 0.2) is 60.7 Å². The van der Waals surface area contributed by atoms with E-state index in [1.165, 1.54) is 6.92 Å². The van der Waals surface area contributed by atoms with Gasteiger partial charge in [0.1, 0.15) is 49.3 Å². The maximum atomic E-state index is 13.1. The number of fused-ring (bicyclic) bond motifs is 3. The molecule has 0 unspecified atom stereocenters. The highest BCUT2D eigenvalue weighted by Crippen LogP contribution is 2.44. The first-order valence-corrected chi connectivity index (χ1v) is 18.9.